The van der Waals surface area contributed by atoms with Crippen LogP contribution in [0.1, 0.15) is 17.2 Å². The molecule has 0 saturated carbocycles. The Labute approximate surface area is 130 Å². The summed E-state index contributed by atoms with van der Waals surface area (Å²) in [7, 11) is 1.79. The lowest BCUT2D eigenvalue weighted by atomic mass is 9.84. The molecule has 0 aromatic heterocycles. The Hall–Kier alpha value is -2.17. The van der Waals surface area contributed by atoms with Gasteiger partial charge in [-0.05, 0) is 18.2 Å². The summed E-state index contributed by atoms with van der Waals surface area (Å²) < 4.78 is 0. The zero-order chi connectivity index (χ0) is 15.6. The van der Waals surface area contributed by atoms with Gasteiger partial charge in [0.2, 0.25) is 5.91 Å². The van der Waals surface area contributed by atoms with E-state index in [2.05, 4.69) is 34.5 Å². The normalized spacial score (nSPS) is 17.2. The van der Waals surface area contributed by atoms with Gasteiger partial charge in [-0.3, -0.25) is 9.69 Å². The molecule has 1 heterocycles. The molecule has 114 valence electrons. The highest BCUT2D eigenvalue weighted by molar-refractivity contribution is 5.86. The fourth-order valence-corrected chi connectivity index (χ4v) is 3.15. The monoisotopic (exact) mass is 295 g/mol. The molecule has 0 aliphatic carbocycles. The van der Waals surface area contributed by atoms with Crippen molar-refractivity contribution in [1.29, 1.82) is 0 Å². The van der Waals surface area contributed by atoms with Gasteiger partial charge in [0.25, 0.3) is 0 Å². The van der Waals surface area contributed by atoms with Gasteiger partial charge in [0, 0.05) is 13.1 Å². The zero-order valence-electron chi connectivity index (χ0n) is 12.7. The molecule has 0 unspecified atom stereocenters. The summed E-state index contributed by atoms with van der Waals surface area (Å²) in [6.45, 7) is 1.24. The number of hydrogen-bond acceptors (Lipinski definition) is 3. The summed E-state index contributed by atoms with van der Waals surface area (Å²) in [6, 6.07) is 20.9. The lowest BCUT2D eigenvalue weighted by Crippen LogP contribution is -2.74. The number of nitrogens with one attached hydrogen (secondary N) is 1. The van der Waals surface area contributed by atoms with E-state index in [9.17, 15) is 4.79 Å². The molecule has 1 aliphatic rings. The molecule has 4 heteroatoms. The van der Waals surface area contributed by atoms with E-state index < -0.39 is 5.54 Å². The van der Waals surface area contributed by atoms with Crippen molar-refractivity contribution in [3.63, 3.8) is 0 Å². The number of benzene rings is 2. The Morgan fingerprint density at radius 1 is 1.05 bits per heavy atom. The van der Waals surface area contributed by atoms with Crippen molar-refractivity contribution >= 4 is 5.91 Å². The third kappa shape index (κ3) is 2.51. The van der Waals surface area contributed by atoms with E-state index in [1.807, 2.05) is 36.4 Å². The zero-order valence-corrected chi connectivity index (χ0v) is 12.7. The Morgan fingerprint density at radius 2 is 1.50 bits per heavy atom. The molecule has 4 nitrogen and oxygen atoms in total. The van der Waals surface area contributed by atoms with Gasteiger partial charge in [-0.1, -0.05) is 60.7 Å². The number of likely N-dealkylation sites (N-methyl/N-ethyl adjacent to an activating group) is 1. The third-order valence-corrected chi connectivity index (χ3v) is 4.49. The minimum atomic E-state index is -0.609. The summed E-state index contributed by atoms with van der Waals surface area (Å²) >= 11 is 0. The van der Waals surface area contributed by atoms with Crippen LogP contribution >= 0.6 is 0 Å². The van der Waals surface area contributed by atoms with Crippen molar-refractivity contribution in [3.05, 3.63) is 71.8 Å². The van der Waals surface area contributed by atoms with E-state index in [0.29, 0.717) is 13.1 Å². The molecule has 1 saturated heterocycles. The topological polar surface area (TPSA) is 58.4 Å². The second-order valence-electron chi connectivity index (χ2n) is 5.83. The Balaban J connectivity index is 1.91. The summed E-state index contributed by atoms with van der Waals surface area (Å²) in [5.41, 5.74) is 7.40. The van der Waals surface area contributed by atoms with Gasteiger partial charge >= 0.3 is 0 Å². The van der Waals surface area contributed by atoms with E-state index in [-0.39, 0.29) is 11.9 Å². The molecule has 0 atom stereocenters. The lowest BCUT2D eigenvalue weighted by molar-refractivity contribution is -0.132. The van der Waals surface area contributed by atoms with Gasteiger partial charge < -0.3 is 11.1 Å². The SMILES string of the molecule is CNC1(C(N)=O)CN(C(c2ccccc2)c2ccccc2)C1. The Morgan fingerprint density at radius 3 is 1.86 bits per heavy atom. The van der Waals surface area contributed by atoms with Crippen LogP contribution in [-0.4, -0.2) is 36.5 Å². The minimum absolute atomic E-state index is 0.142. The third-order valence-electron chi connectivity index (χ3n) is 4.49. The molecule has 1 fully saturated rings. The maximum absolute atomic E-state index is 11.7. The molecule has 1 aliphatic heterocycles. The van der Waals surface area contributed by atoms with Gasteiger partial charge in [0.05, 0.1) is 6.04 Å². The van der Waals surface area contributed by atoms with E-state index in [4.69, 9.17) is 5.73 Å². The van der Waals surface area contributed by atoms with Crippen LogP contribution in [0.25, 0.3) is 0 Å². The molecule has 0 radical (unpaired) electrons. The number of carbonyl (C=O) groups excluding carboxylic acids is 1. The molecule has 3 rings (SSSR count). The van der Waals surface area contributed by atoms with E-state index >= 15 is 0 Å². The lowest BCUT2D eigenvalue weighted by Gasteiger charge is -2.51. The quantitative estimate of drug-likeness (QED) is 0.879. The molecule has 2 aromatic carbocycles. The van der Waals surface area contributed by atoms with E-state index in [1.54, 1.807) is 7.05 Å². The number of primary amides is 1. The standard InChI is InChI=1S/C18H21N3O/c1-20-18(17(19)22)12-21(13-18)16(14-8-4-2-5-9-14)15-10-6-3-7-11-15/h2-11,16,20H,12-13H2,1H3,(H2,19,22). The first-order valence-electron chi connectivity index (χ1n) is 7.49. The second-order valence-corrected chi connectivity index (χ2v) is 5.83. The van der Waals surface area contributed by atoms with Crippen molar-refractivity contribution in [2.45, 2.75) is 11.6 Å². The second kappa shape index (κ2) is 5.91. The Kier molecular flexibility index (Phi) is 3.96. The first-order valence-corrected chi connectivity index (χ1v) is 7.49. The summed E-state index contributed by atoms with van der Waals surface area (Å²) in [6.07, 6.45) is 0. The predicted octanol–water partition coefficient (Wildman–Crippen LogP) is 1.54. The van der Waals surface area contributed by atoms with Gasteiger partial charge in [0.15, 0.2) is 0 Å². The molecule has 22 heavy (non-hydrogen) atoms. The van der Waals surface area contributed by atoms with Crippen molar-refractivity contribution in [3.8, 4) is 0 Å². The average molecular weight is 295 g/mol. The van der Waals surface area contributed by atoms with E-state index in [1.165, 1.54) is 11.1 Å². The van der Waals surface area contributed by atoms with Gasteiger partial charge in [-0.15, -0.1) is 0 Å². The number of hydrogen-bond donors (Lipinski definition) is 2. The van der Waals surface area contributed by atoms with Crippen LogP contribution in [0.5, 0.6) is 0 Å². The predicted molar refractivity (Wildman–Crippen MR) is 87.3 cm³/mol. The highest BCUT2D eigenvalue weighted by Gasteiger charge is 2.49. The number of nitrogens with zero attached hydrogens (tertiary/aromatic N) is 1. The number of nitrogens with two attached hydrogens (primary N) is 1. The van der Waals surface area contributed by atoms with Crippen LogP contribution in [0, 0.1) is 0 Å². The van der Waals surface area contributed by atoms with Crippen LogP contribution in [-0.2, 0) is 4.79 Å². The number of carbonyl (C=O) groups is 1. The first kappa shape index (κ1) is 14.8. The fourth-order valence-electron chi connectivity index (χ4n) is 3.15. The molecule has 1 amide bonds. The molecule has 3 N–H and O–H groups in total. The number of rotatable bonds is 5. The van der Waals surface area contributed by atoms with Gasteiger partial charge in [0.1, 0.15) is 5.54 Å². The van der Waals surface area contributed by atoms with Crippen molar-refractivity contribution < 1.29 is 4.79 Å². The van der Waals surface area contributed by atoms with E-state index in [0.717, 1.165) is 0 Å². The molecular formula is C18H21N3O. The van der Waals surface area contributed by atoms with Crippen LogP contribution in [0.15, 0.2) is 60.7 Å². The van der Waals surface area contributed by atoms with Crippen LogP contribution < -0.4 is 11.1 Å². The fraction of sp³-hybridized carbons (Fsp3) is 0.278. The summed E-state index contributed by atoms with van der Waals surface area (Å²) in [5, 5.41) is 3.09. The molecule has 0 spiro atoms. The van der Waals surface area contributed by atoms with Crippen molar-refractivity contribution in [1.82, 2.24) is 10.2 Å². The number of amides is 1. The Bertz CT molecular complexity index is 596. The maximum atomic E-state index is 11.7. The molecular weight excluding hydrogens is 274 g/mol. The molecule has 0 bridgehead atoms. The number of likely N-dealkylation sites (tertiary alicyclic amines) is 1. The van der Waals surface area contributed by atoms with Crippen LogP contribution in [0.2, 0.25) is 0 Å². The highest BCUT2D eigenvalue weighted by Crippen LogP contribution is 2.35. The maximum Gasteiger partial charge on any atom is 0.240 e. The van der Waals surface area contributed by atoms with Crippen molar-refractivity contribution in [2.75, 3.05) is 20.1 Å². The minimum Gasteiger partial charge on any atom is -0.368 e. The van der Waals surface area contributed by atoms with Crippen LogP contribution in [0.3, 0.4) is 0 Å². The summed E-state index contributed by atoms with van der Waals surface area (Å²) in [5.74, 6) is -0.286. The van der Waals surface area contributed by atoms with Crippen molar-refractivity contribution in [2.24, 2.45) is 5.73 Å². The smallest absolute Gasteiger partial charge is 0.240 e. The first-order chi connectivity index (χ1) is 10.7. The average Bonchev–Trinajstić information content (AvgIpc) is 2.52. The summed E-state index contributed by atoms with van der Waals surface area (Å²) in [4.78, 5) is 14.0. The van der Waals surface area contributed by atoms with Gasteiger partial charge in [-0.25, -0.2) is 0 Å². The molecule has 2 aromatic rings. The highest BCUT2D eigenvalue weighted by atomic mass is 16.1. The van der Waals surface area contributed by atoms with Gasteiger partial charge in [-0.2, -0.15) is 0 Å². The van der Waals surface area contributed by atoms with Crippen LogP contribution in [0.4, 0.5) is 0 Å². The largest absolute Gasteiger partial charge is 0.368 e.